The Balaban J connectivity index is 0.00000512. The lowest BCUT2D eigenvalue weighted by Gasteiger charge is -2.37. The lowest BCUT2D eigenvalue weighted by atomic mass is 10.0. The third-order valence-corrected chi connectivity index (χ3v) is 6.93. The second-order valence-corrected chi connectivity index (χ2v) is 9.27. The summed E-state index contributed by atoms with van der Waals surface area (Å²) >= 11 is 0. The highest BCUT2D eigenvalue weighted by Crippen LogP contribution is 2.35. The predicted octanol–water partition coefficient (Wildman–Crippen LogP) is 6.83. The maximum Gasteiger partial charge on any atom is 0.137 e. The zero-order chi connectivity index (χ0) is 22.0. The van der Waals surface area contributed by atoms with E-state index in [0.717, 1.165) is 11.0 Å². The standard InChI is InChI=1S/C30H48N.ClH/c1-3-5-6-7-8-9-10-11-12-13-14-15-16-23-28-31(4-2,29-24-19-17-20-25-29)30-26-21-18-22-27-30;/h17-22,24-27H,3-16,23,28H2,1-2H3;1H/q+1;/p-1. The number of quaternary nitrogens is 1. The summed E-state index contributed by atoms with van der Waals surface area (Å²) in [5.74, 6) is 0. The van der Waals surface area contributed by atoms with Gasteiger partial charge in [0.15, 0.2) is 0 Å². The van der Waals surface area contributed by atoms with Crippen LogP contribution in [-0.4, -0.2) is 13.1 Å². The molecule has 180 valence electrons. The Hall–Kier alpha value is -1.31. The number of rotatable bonds is 18. The molecule has 0 bridgehead atoms. The van der Waals surface area contributed by atoms with Crippen molar-refractivity contribution >= 4 is 11.4 Å². The molecule has 2 rings (SSSR count). The first-order valence-electron chi connectivity index (χ1n) is 13.3. The molecule has 1 nitrogen and oxygen atoms in total. The van der Waals surface area contributed by atoms with Crippen LogP contribution in [0.3, 0.4) is 0 Å². The quantitative estimate of drug-likeness (QED) is 0.170. The molecule has 0 aromatic heterocycles. The molecule has 0 aliphatic heterocycles. The van der Waals surface area contributed by atoms with Gasteiger partial charge >= 0.3 is 0 Å². The van der Waals surface area contributed by atoms with Gasteiger partial charge in [-0.25, -0.2) is 0 Å². The lowest BCUT2D eigenvalue weighted by molar-refractivity contribution is -0.00000657. The first kappa shape index (κ1) is 28.7. The van der Waals surface area contributed by atoms with Gasteiger partial charge in [-0.2, -0.15) is 0 Å². The van der Waals surface area contributed by atoms with E-state index in [0.29, 0.717) is 0 Å². The van der Waals surface area contributed by atoms with E-state index in [9.17, 15) is 0 Å². The molecule has 0 atom stereocenters. The maximum absolute atomic E-state index is 2.34. The third kappa shape index (κ3) is 10.1. The van der Waals surface area contributed by atoms with Crippen LogP contribution in [0.1, 0.15) is 104 Å². The fourth-order valence-electron chi connectivity index (χ4n) is 4.93. The summed E-state index contributed by atoms with van der Waals surface area (Å²) in [5, 5.41) is 0. The van der Waals surface area contributed by atoms with Crippen LogP contribution in [0.4, 0.5) is 11.4 Å². The molecule has 0 saturated heterocycles. The van der Waals surface area contributed by atoms with E-state index in [1.165, 1.54) is 108 Å². The summed E-state index contributed by atoms with van der Waals surface area (Å²) in [6.07, 6.45) is 19.9. The Morgan fingerprint density at radius 1 is 0.469 bits per heavy atom. The van der Waals surface area contributed by atoms with Crippen LogP contribution < -0.4 is 16.9 Å². The smallest absolute Gasteiger partial charge is 0.137 e. The molecule has 0 spiro atoms. The molecular weight excluding hydrogens is 410 g/mol. The summed E-state index contributed by atoms with van der Waals surface area (Å²) in [5.41, 5.74) is 2.84. The number of para-hydroxylation sites is 2. The summed E-state index contributed by atoms with van der Waals surface area (Å²) < 4.78 is 0.972. The molecule has 0 heterocycles. The number of nitrogens with zero attached hydrogens (tertiary/aromatic N) is 1. The van der Waals surface area contributed by atoms with Crippen molar-refractivity contribution in [2.75, 3.05) is 13.1 Å². The maximum atomic E-state index is 2.34. The molecule has 0 radical (unpaired) electrons. The van der Waals surface area contributed by atoms with E-state index in [1.807, 2.05) is 0 Å². The van der Waals surface area contributed by atoms with E-state index in [2.05, 4.69) is 74.5 Å². The Kier molecular flexibility index (Phi) is 16.3. The van der Waals surface area contributed by atoms with E-state index in [-0.39, 0.29) is 12.4 Å². The van der Waals surface area contributed by atoms with Crippen LogP contribution >= 0.6 is 0 Å². The second-order valence-electron chi connectivity index (χ2n) is 9.27. The first-order valence-corrected chi connectivity index (χ1v) is 13.3. The van der Waals surface area contributed by atoms with Crippen LogP contribution in [0.5, 0.6) is 0 Å². The van der Waals surface area contributed by atoms with Crippen molar-refractivity contribution in [1.82, 2.24) is 4.48 Å². The molecule has 32 heavy (non-hydrogen) atoms. The SMILES string of the molecule is CCCCCCCCCCCCCCCC[N+](CC)(c1ccccc1)c1ccccc1.[Cl-]. The van der Waals surface area contributed by atoms with Gasteiger partial charge in [0.2, 0.25) is 0 Å². The normalized spacial score (nSPS) is 11.3. The van der Waals surface area contributed by atoms with Crippen LogP contribution in [0.25, 0.3) is 0 Å². The van der Waals surface area contributed by atoms with Gasteiger partial charge in [0, 0.05) is 0 Å². The van der Waals surface area contributed by atoms with Crippen molar-refractivity contribution in [1.29, 1.82) is 0 Å². The van der Waals surface area contributed by atoms with E-state index in [4.69, 9.17) is 0 Å². The minimum absolute atomic E-state index is 0. The molecule has 0 N–H and O–H groups in total. The molecule has 0 aliphatic carbocycles. The molecule has 0 saturated carbocycles. The van der Waals surface area contributed by atoms with Crippen LogP contribution in [0, 0.1) is 0 Å². The highest BCUT2D eigenvalue weighted by Gasteiger charge is 2.30. The highest BCUT2D eigenvalue weighted by molar-refractivity contribution is 5.58. The number of benzene rings is 2. The van der Waals surface area contributed by atoms with E-state index < -0.39 is 0 Å². The predicted molar refractivity (Wildman–Crippen MR) is 140 cm³/mol. The van der Waals surface area contributed by atoms with Crippen LogP contribution in [0.15, 0.2) is 60.7 Å². The largest absolute Gasteiger partial charge is 1.00 e. The number of hydrogen-bond acceptors (Lipinski definition) is 0. The van der Waals surface area contributed by atoms with Gasteiger partial charge in [-0.3, -0.25) is 4.48 Å². The third-order valence-electron chi connectivity index (χ3n) is 6.93. The average molecular weight is 458 g/mol. The average Bonchev–Trinajstić information content (AvgIpc) is 2.83. The van der Waals surface area contributed by atoms with Crippen molar-refractivity contribution in [3.8, 4) is 0 Å². The Labute approximate surface area is 205 Å². The van der Waals surface area contributed by atoms with Crippen LogP contribution in [0.2, 0.25) is 0 Å². The molecule has 2 heteroatoms. The summed E-state index contributed by atoms with van der Waals surface area (Å²) in [6.45, 7) is 6.94. The monoisotopic (exact) mass is 457 g/mol. The number of halogens is 1. The van der Waals surface area contributed by atoms with Gasteiger partial charge in [0.05, 0.1) is 13.1 Å². The fourth-order valence-corrected chi connectivity index (χ4v) is 4.93. The van der Waals surface area contributed by atoms with Crippen molar-refractivity contribution in [3.63, 3.8) is 0 Å². The van der Waals surface area contributed by atoms with Gasteiger partial charge in [-0.1, -0.05) is 120 Å². The Morgan fingerprint density at radius 3 is 1.16 bits per heavy atom. The van der Waals surface area contributed by atoms with Gasteiger partial charge < -0.3 is 12.4 Å². The Morgan fingerprint density at radius 2 is 0.812 bits per heavy atom. The van der Waals surface area contributed by atoms with E-state index >= 15 is 0 Å². The summed E-state index contributed by atoms with van der Waals surface area (Å²) in [6, 6.07) is 22.2. The van der Waals surface area contributed by atoms with Gasteiger partial charge in [-0.05, 0) is 44.0 Å². The van der Waals surface area contributed by atoms with Crippen molar-refractivity contribution in [2.24, 2.45) is 0 Å². The molecule has 2 aromatic carbocycles. The first-order chi connectivity index (χ1) is 15.3. The molecule has 0 amide bonds. The van der Waals surface area contributed by atoms with Crippen molar-refractivity contribution in [3.05, 3.63) is 60.7 Å². The minimum Gasteiger partial charge on any atom is -1.00 e. The topological polar surface area (TPSA) is 0 Å². The number of hydrogen-bond donors (Lipinski definition) is 0. The minimum atomic E-state index is 0. The lowest BCUT2D eigenvalue weighted by Crippen LogP contribution is -3.00. The van der Waals surface area contributed by atoms with Crippen LogP contribution in [-0.2, 0) is 0 Å². The molecule has 2 aromatic rings. The van der Waals surface area contributed by atoms with Crippen molar-refractivity contribution < 1.29 is 12.4 Å². The van der Waals surface area contributed by atoms with Gasteiger partial charge in [0.1, 0.15) is 11.4 Å². The molecule has 0 fully saturated rings. The zero-order valence-electron chi connectivity index (χ0n) is 20.9. The highest BCUT2D eigenvalue weighted by atomic mass is 35.5. The Bertz CT molecular complexity index is 616. The molecular formula is C30H48ClN. The zero-order valence-corrected chi connectivity index (χ0v) is 21.7. The second kappa shape index (κ2) is 18.2. The number of unbranched alkanes of at least 4 members (excludes halogenated alkanes) is 13. The summed E-state index contributed by atoms with van der Waals surface area (Å²) in [4.78, 5) is 0. The molecule has 0 unspecified atom stereocenters. The summed E-state index contributed by atoms with van der Waals surface area (Å²) in [7, 11) is 0. The van der Waals surface area contributed by atoms with E-state index in [1.54, 1.807) is 0 Å². The fraction of sp³-hybridized carbons (Fsp3) is 0.600. The van der Waals surface area contributed by atoms with Gasteiger partial charge in [0.25, 0.3) is 0 Å². The van der Waals surface area contributed by atoms with Gasteiger partial charge in [-0.15, -0.1) is 0 Å². The molecule has 0 aliphatic rings. The van der Waals surface area contributed by atoms with Crippen molar-refractivity contribution in [2.45, 2.75) is 104 Å².